The Morgan fingerprint density at radius 1 is 1.60 bits per heavy atom. The molecule has 0 unspecified atom stereocenters. The van der Waals surface area contributed by atoms with E-state index in [-0.39, 0.29) is 0 Å². The van der Waals surface area contributed by atoms with Crippen LogP contribution in [-0.2, 0) is 4.79 Å². The summed E-state index contributed by atoms with van der Waals surface area (Å²) in [5, 5.41) is 0. The van der Waals surface area contributed by atoms with Crippen LogP contribution in [0.2, 0.25) is 0 Å². The minimum Gasteiger partial charge on any atom is -0.285 e. The monoisotopic (exact) mass is 132 g/mol. The quantitative estimate of drug-likeness (QED) is 0.566. The van der Waals surface area contributed by atoms with Crippen LogP contribution in [0.1, 0.15) is 5.69 Å². The molecule has 0 N–H and O–H groups in total. The van der Waals surface area contributed by atoms with Gasteiger partial charge in [0.05, 0.1) is 5.69 Å². The molecule has 1 rings (SSSR count). The lowest BCUT2D eigenvalue weighted by molar-refractivity contribution is 0.565. The van der Waals surface area contributed by atoms with E-state index < -0.39 is 0 Å². The summed E-state index contributed by atoms with van der Waals surface area (Å²) in [6.45, 7) is 3.46. The van der Waals surface area contributed by atoms with Crippen LogP contribution in [0, 0.1) is 0 Å². The number of aromatic nitrogens is 1. The molecule has 10 heavy (non-hydrogen) atoms. The van der Waals surface area contributed by atoms with Crippen molar-refractivity contribution in [2.24, 2.45) is 0 Å². The van der Waals surface area contributed by atoms with E-state index in [0.717, 1.165) is 0 Å². The predicted octanol–water partition coefficient (Wildman–Crippen LogP) is 1.20. The molecule has 49 valence electrons. The molecule has 2 nitrogen and oxygen atoms in total. The number of hydrogen-bond donors (Lipinski definition) is 0. The van der Waals surface area contributed by atoms with E-state index in [9.17, 15) is 4.79 Å². The van der Waals surface area contributed by atoms with E-state index in [1.807, 2.05) is 0 Å². The number of nitrogens with zero attached hydrogens (tertiary/aromatic N) is 1. The third-order valence-electron chi connectivity index (χ3n) is 1.10. The van der Waals surface area contributed by atoms with Crippen LogP contribution >= 0.6 is 0 Å². The highest BCUT2D eigenvalue weighted by molar-refractivity contribution is 6.05. The molecular formula is C8H6NO. The first-order valence-corrected chi connectivity index (χ1v) is 2.83. The van der Waals surface area contributed by atoms with Gasteiger partial charge >= 0.3 is 0 Å². The highest BCUT2D eigenvalue weighted by atomic mass is 16.1. The molecule has 1 radical (unpaired) electrons. The number of rotatable bonds is 2. The second-order valence-electron chi connectivity index (χ2n) is 1.80. The Labute approximate surface area is 59.2 Å². The molecule has 0 amide bonds. The van der Waals surface area contributed by atoms with Gasteiger partial charge < -0.3 is 0 Å². The molecule has 0 aliphatic heterocycles. The lowest BCUT2D eigenvalue weighted by atomic mass is 10.2. The largest absolute Gasteiger partial charge is 0.285 e. The highest BCUT2D eigenvalue weighted by Crippen LogP contribution is 2.03. The zero-order valence-electron chi connectivity index (χ0n) is 5.37. The molecule has 1 heterocycles. The first-order valence-electron chi connectivity index (χ1n) is 2.83. The summed E-state index contributed by atoms with van der Waals surface area (Å²) < 4.78 is 0. The van der Waals surface area contributed by atoms with Crippen LogP contribution in [0.25, 0.3) is 5.57 Å². The van der Waals surface area contributed by atoms with Crippen molar-refractivity contribution in [2.45, 2.75) is 0 Å². The minimum absolute atomic E-state index is 0.292. The smallest absolute Gasteiger partial charge is 0.235 e. The standard InChI is InChI=1S/C8H6NO/c1-7(6-10)8-4-2-3-5-9-8/h2-5H,1H2. The molecular weight excluding hydrogens is 126 g/mol. The summed E-state index contributed by atoms with van der Waals surface area (Å²) >= 11 is 0. The van der Waals surface area contributed by atoms with E-state index in [1.54, 1.807) is 30.7 Å². The van der Waals surface area contributed by atoms with Crippen molar-refractivity contribution in [2.75, 3.05) is 0 Å². The van der Waals surface area contributed by atoms with Gasteiger partial charge in [-0.2, -0.15) is 0 Å². The van der Waals surface area contributed by atoms with Crippen LogP contribution in [0.15, 0.2) is 31.0 Å². The van der Waals surface area contributed by atoms with Crippen LogP contribution in [0.4, 0.5) is 0 Å². The molecule has 0 aromatic carbocycles. The Morgan fingerprint density at radius 2 is 2.40 bits per heavy atom. The summed E-state index contributed by atoms with van der Waals surface area (Å²) in [5.41, 5.74) is 0.873. The molecule has 0 aliphatic carbocycles. The van der Waals surface area contributed by atoms with Crippen molar-refractivity contribution in [3.8, 4) is 0 Å². The Bertz CT molecular complexity index is 241. The van der Waals surface area contributed by atoms with Gasteiger partial charge in [0.1, 0.15) is 0 Å². The second-order valence-corrected chi connectivity index (χ2v) is 1.80. The van der Waals surface area contributed by atoms with Gasteiger partial charge in [-0.3, -0.25) is 9.78 Å². The maximum absolute atomic E-state index is 10.0. The fraction of sp³-hybridized carbons (Fsp3) is 0. The third-order valence-corrected chi connectivity index (χ3v) is 1.10. The molecule has 1 aromatic heterocycles. The van der Waals surface area contributed by atoms with Gasteiger partial charge in [-0.1, -0.05) is 12.6 Å². The van der Waals surface area contributed by atoms with Crippen LogP contribution in [0.3, 0.4) is 0 Å². The zero-order chi connectivity index (χ0) is 7.40. The molecule has 0 aliphatic rings. The topological polar surface area (TPSA) is 30.0 Å². The minimum atomic E-state index is 0.292. The molecule has 0 saturated heterocycles. The van der Waals surface area contributed by atoms with E-state index in [1.165, 1.54) is 0 Å². The van der Waals surface area contributed by atoms with Gasteiger partial charge in [0.2, 0.25) is 6.29 Å². The van der Waals surface area contributed by atoms with Gasteiger partial charge in [0, 0.05) is 11.8 Å². The van der Waals surface area contributed by atoms with E-state index in [2.05, 4.69) is 11.6 Å². The van der Waals surface area contributed by atoms with Gasteiger partial charge in [0.15, 0.2) is 0 Å². The lowest BCUT2D eigenvalue weighted by Crippen LogP contribution is -1.85. The molecule has 0 bridgehead atoms. The van der Waals surface area contributed by atoms with Crippen molar-refractivity contribution in [3.05, 3.63) is 36.7 Å². The fourth-order valence-electron chi connectivity index (χ4n) is 0.594. The molecule has 0 saturated carbocycles. The molecule has 1 aromatic rings. The SMILES string of the molecule is C=C([C]=O)c1ccccn1. The van der Waals surface area contributed by atoms with Crippen molar-refractivity contribution in [1.29, 1.82) is 0 Å². The summed E-state index contributed by atoms with van der Waals surface area (Å²) in [6, 6.07) is 5.29. The first-order chi connectivity index (χ1) is 4.84. The third kappa shape index (κ3) is 1.29. The van der Waals surface area contributed by atoms with Crippen molar-refractivity contribution in [3.63, 3.8) is 0 Å². The summed E-state index contributed by atoms with van der Waals surface area (Å²) in [4.78, 5) is 13.9. The predicted molar refractivity (Wildman–Crippen MR) is 39.0 cm³/mol. The lowest BCUT2D eigenvalue weighted by Gasteiger charge is -1.91. The zero-order valence-corrected chi connectivity index (χ0v) is 5.37. The van der Waals surface area contributed by atoms with Gasteiger partial charge in [-0.25, -0.2) is 0 Å². The fourth-order valence-corrected chi connectivity index (χ4v) is 0.594. The molecule has 0 atom stereocenters. The average Bonchev–Trinajstić information content (AvgIpc) is 2.05. The Morgan fingerprint density at radius 3 is 2.90 bits per heavy atom. The maximum Gasteiger partial charge on any atom is 0.235 e. The van der Waals surface area contributed by atoms with Crippen LogP contribution in [-0.4, -0.2) is 11.3 Å². The maximum atomic E-state index is 10.0. The second kappa shape index (κ2) is 2.92. The average molecular weight is 132 g/mol. The Kier molecular flexibility index (Phi) is 1.95. The molecule has 0 spiro atoms. The molecule has 0 fully saturated rings. The molecule has 2 heteroatoms. The summed E-state index contributed by atoms with van der Waals surface area (Å²) in [7, 11) is 0. The normalized spacial score (nSPS) is 8.80. The first kappa shape index (κ1) is 6.68. The summed E-state index contributed by atoms with van der Waals surface area (Å²) in [5.74, 6) is 0. The summed E-state index contributed by atoms with van der Waals surface area (Å²) in [6.07, 6.45) is 3.28. The number of pyridine rings is 1. The van der Waals surface area contributed by atoms with Crippen LogP contribution in [0.5, 0.6) is 0 Å². The van der Waals surface area contributed by atoms with E-state index in [0.29, 0.717) is 11.3 Å². The van der Waals surface area contributed by atoms with E-state index in [4.69, 9.17) is 0 Å². The van der Waals surface area contributed by atoms with Crippen LogP contribution < -0.4 is 0 Å². The number of hydrogen-bond acceptors (Lipinski definition) is 2. The van der Waals surface area contributed by atoms with Crippen molar-refractivity contribution < 1.29 is 4.79 Å². The van der Waals surface area contributed by atoms with E-state index >= 15 is 0 Å². The van der Waals surface area contributed by atoms with Gasteiger partial charge in [-0.15, -0.1) is 0 Å². The van der Waals surface area contributed by atoms with Crippen molar-refractivity contribution in [1.82, 2.24) is 4.98 Å². The highest BCUT2D eigenvalue weighted by Gasteiger charge is 1.95. The van der Waals surface area contributed by atoms with Crippen molar-refractivity contribution >= 4 is 11.9 Å². The van der Waals surface area contributed by atoms with Gasteiger partial charge in [0.25, 0.3) is 0 Å². The van der Waals surface area contributed by atoms with Gasteiger partial charge in [-0.05, 0) is 12.1 Å². The number of allylic oxidation sites excluding steroid dienone is 1. The Balaban J connectivity index is 2.95. The number of carbonyl (C=O) groups excluding carboxylic acids is 1. The Hall–Kier alpha value is -1.44.